The van der Waals surface area contributed by atoms with Crippen molar-refractivity contribution in [2.75, 3.05) is 4.90 Å². The molecule has 4 heterocycles. The van der Waals surface area contributed by atoms with E-state index in [9.17, 15) is 0 Å². The fraction of sp³-hybridized carbons (Fsp3) is 0. The second-order valence-electron chi connectivity index (χ2n) is 21.1. The van der Waals surface area contributed by atoms with Crippen molar-refractivity contribution < 1.29 is 4.42 Å². The zero-order valence-electron chi connectivity index (χ0n) is 41.1. The van der Waals surface area contributed by atoms with E-state index in [1.54, 1.807) is 0 Å². The molecule has 348 valence electrons. The summed E-state index contributed by atoms with van der Waals surface area (Å²) in [5.41, 5.74) is 17.2. The van der Waals surface area contributed by atoms with Gasteiger partial charge in [0.05, 0.1) is 0 Å². The van der Waals surface area contributed by atoms with E-state index >= 15 is 0 Å². The van der Waals surface area contributed by atoms with E-state index in [1.807, 2.05) is 0 Å². The molecule has 76 heavy (non-hydrogen) atoms. The van der Waals surface area contributed by atoms with Gasteiger partial charge in [0.15, 0.2) is 0 Å². The maximum Gasteiger partial charge on any atom is 0.333 e. The Morgan fingerprint density at radius 2 is 0.895 bits per heavy atom. The summed E-state index contributed by atoms with van der Waals surface area (Å²) in [7, 11) is 0. The van der Waals surface area contributed by atoms with E-state index in [1.165, 1.54) is 120 Å². The minimum absolute atomic E-state index is 0.219. The molecule has 2 aromatic heterocycles. The highest BCUT2D eigenvalue weighted by Gasteiger charge is 2.45. The van der Waals surface area contributed by atoms with Crippen LogP contribution in [-0.4, -0.2) is 11.3 Å². The summed E-state index contributed by atoms with van der Waals surface area (Å²) in [6.07, 6.45) is 0. The number of aromatic nitrogens is 1. The first kappa shape index (κ1) is 40.6. The molecule has 0 amide bonds. The molecule has 2 aliphatic rings. The van der Waals surface area contributed by atoms with Gasteiger partial charge >= 0.3 is 6.85 Å². The molecule has 2 aliphatic heterocycles. The largest absolute Gasteiger partial charge is 0.455 e. The molecule has 18 rings (SSSR count). The fourth-order valence-electron chi connectivity index (χ4n) is 14.0. The third-order valence-corrected chi connectivity index (χ3v) is 17.2. The van der Waals surface area contributed by atoms with E-state index < -0.39 is 0 Å². The number of hydrogen-bond donors (Lipinski definition) is 0. The third kappa shape index (κ3) is 5.37. The van der Waals surface area contributed by atoms with E-state index in [2.05, 4.69) is 258 Å². The molecule has 0 saturated heterocycles. The molecule has 4 heteroatoms. The monoisotopic (exact) mass is 960 g/mol. The quantitative estimate of drug-likeness (QED) is 0.1000. The molecule has 0 unspecified atom stereocenters. The molecule has 0 saturated carbocycles. The van der Waals surface area contributed by atoms with Gasteiger partial charge in [0.1, 0.15) is 11.2 Å². The number of benzene rings is 14. The number of rotatable bonds is 3. The van der Waals surface area contributed by atoms with Crippen LogP contribution in [0.15, 0.2) is 253 Å². The van der Waals surface area contributed by atoms with Crippen LogP contribution >= 0.6 is 0 Å². The molecule has 14 aromatic carbocycles. The summed E-state index contributed by atoms with van der Waals surface area (Å²) in [5, 5.41) is 19.8. The Bertz CT molecular complexity index is 5190. The maximum atomic E-state index is 7.27. The first-order chi connectivity index (χ1) is 37.7. The van der Waals surface area contributed by atoms with Crippen molar-refractivity contribution >= 4 is 143 Å². The van der Waals surface area contributed by atoms with Gasteiger partial charge in [-0.25, -0.2) is 0 Å². The zero-order valence-corrected chi connectivity index (χ0v) is 41.1. The second-order valence-corrected chi connectivity index (χ2v) is 21.1. The number of fused-ring (bicyclic) bond motifs is 22. The topological polar surface area (TPSA) is 21.3 Å². The molecular formula is C72H41BN2O. The van der Waals surface area contributed by atoms with Crippen LogP contribution in [0.5, 0.6) is 0 Å². The highest BCUT2D eigenvalue weighted by atomic mass is 16.3. The lowest BCUT2D eigenvalue weighted by Crippen LogP contribution is -2.56. The Labute approximate surface area is 436 Å². The average Bonchev–Trinajstić information content (AvgIpc) is 4.23. The van der Waals surface area contributed by atoms with Crippen LogP contribution < -0.4 is 15.8 Å². The van der Waals surface area contributed by atoms with E-state index in [-0.39, 0.29) is 6.85 Å². The summed E-state index contributed by atoms with van der Waals surface area (Å²) < 4.78 is 10.00. The second kappa shape index (κ2) is 14.9. The minimum atomic E-state index is -0.219. The molecule has 3 nitrogen and oxygen atoms in total. The van der Waals surface area contributed by atoms with Gasteiger partial charge in [-0.05, 0) is 158 Å². The smallest absolute Gasteiger partial charge is 0.333 e. The number of furan rings is 1. The number of hydrogen-bond acceptors (Lipinski definition) is 2. The number of para-hydroxylation sites is 1. The highest BCUT2D eigenvalue weighted by Crippen LogP contribution is 2.53. The van der Waals surface area contributed by atoms with Gasteiger partial charge in [0.25, 0.3) is 0 Å². The lowest BCUT2D eigenvalue weighted by molar-refractivity contribution is 0.670. The Morgan fingerprint density at radius 3 is 1.57 bits per heavy atom. The summed E-state index contributed by atoms with van der Waals surface area (Å²) in [5.74, 6) is 0. The van der Waals surface area contributed by atoms with Gasteiger partial charge in [-0.1, -0.05) is 188 Å². The lowest BCUT2D eigenvalue weighted by Gasteiger charge is -2.41. The molecule has 0 atom stereocenters. The molecule has 0 fully saturated rings. The van der Waals surface area contributed by atoms with Crippen molar-refractivity contribution in [3.8, 4) is 33.4 Å². The predicted octanol–water partition coefficient (Wildman–Crippen LogP) is 18.4. The summed E-state index contributed by atoms with van der Waals surface area (Å²) in [6.45, 7) is -0.219. The number of anilines is 3. The Balaban J connectivity index is 1.06. The third-order valence-electron chi connectivity index (χ3n) is 17.2. The van der Waals surface area contributed by atoms with Gasteiger partial charge < -0.3 is 13.8 Å². The normalized spacial score (nSPS) is 12.9. The standard InChI is InChI=1S/C72H41BN2O/c1-3-17-42(18-4-1)46-33-47(43-19-5-2-6-20-43)35-50(34-46)74-64-40-49-38-59-56-28-14-12-26-54(56)53-25-11-13-27-55(53)58(59)37-48(49)39-62(64)73-70-65(74)41-60-57-29-15-16-30-66(57)76-72(60)69(70)61-36-45-22-8-10-24-52(45)68-67-51-23-9-7-21-44(51)31-32-63(67)75(73)71(61)68/h1-41H. The average molecular weight is 961 g/mol. The first-order valence-corrected chi connectivity index (χ1v) is 26.4. The minimum Gasteiger partial charge on any atom is -0.455 e. The maximum absolute atomic E-state index is 7.27. The summed E-state index contributed by atoms with van der Waals surface area (Å²) in [6, 6.07) is 93.1. The molecule has 0 bridgehead atoms. The molecular weight excluding hydrogens is 920 g/mol. The number of nitrogens with zero attached hydrogens (tertiary/aromatic N) is 2. The van der Waals surface area contributed by atoms with Crippen LogP contribution in [0.3, 0.4) is 0 Å². The van der Waals surface area contributed by atoms with Crippen molar-refractivity contribution in [3.05, 3.63) is 249 Å². The van der Waals surface area contributed by atoms with Crippen molar-refractivity contribution in [3.63, 3.8) is 0 Å². The molecule has 0 N–H and O–H groups in total. The van der Waals surface area contributed by atoms with Crippen molar-refractivity contribution in [1.29, 1.82) is 0 Å². The van der Waals surface area contributed by atoms with Crippen LogP contribution in [-0.2, 0) is 0 Å². The predicted molar refractivity (Wildman–Crippen MR) is 323 cm³/mol. The Hall–Kier alpha value is -9.90. The molecule has 16 aromatic rings. The van der Waals surface area contributed by atoms with Crippen LogP contribution in [0.25, 0.3) is 142 Å². The summed E-state index contributed by atoms with van der Waals surface area (Å²) in [4.78, 5) is 2.61. The molecule has 0 spiro atoms. The van der Waals surface area contributed by atoms with Crippen LogP contribution in [0, 0.1) is 0 Å². The highest BCUT2D eigenvalue weighted by molar-refractivity contribution is 6.90. The molecule has 0 aliphatic carbocycles. The van der Waals surface area contributed by atoms with Gasteiger partial charge in [-0.15, -0.1) is 0 Å². The van der Waals surface area contributed by atoms with E-state index in [4.69, 9.17) is 4.42 Å². The van der Waals surface area contributed by atoms with Crippen LogP contribution in [0.2, 0.25) is 0 Å². The van der Waals surface area contributed by atoms with Crippen LogP contribution in [0.4, 0.5) is 17.1 Å². The van der Waals surface area contributed by atoms with Crippen LogP contribution in [0.1, 0.15) is 0 Å². The Kier molecular flexibility index (Phi) is 7.94. The fourth-order valence-corrected chi connectivity index (χ4v) is 14.0. The summed E-state index contributed by atoms with van der Waals surface area (Å²) >= 11 is 0. The molecule has 0 radical (unpaired) electrons. The van der Waals surface area contributed by atoms with Gasteiger partial charge in [0, 0.05) is 60.8 Å². The van der Waals surface area contributed by atoms with E-state index in [0.717, 1.165) is 50.1 Å². The van der Waals surface area contributed by atoms with Gasteiger partial charge in [-0.2, -0.15) is 0 Å². The lowest BCUT2D eigenvalue weighted by atomic mass is 9.44. The Morgan fingerprint density at radius 1 is 0.342 bits per heavy atom. The first-order valence-electron chi connectivity index (χ1n) is 26.4. The van der Waals surface area contributed by atoms with Crippen molar-refractivity contribution in [1.82, 2.24) is 4.48 Å². The van der Waals surface area contributed by atoms with Crippen molar-refractivity contribution in [2.45, 2.75) is 0 Å². The van der Waals surface area contributed by atoms with E-state index in [0.29, 0.717) is 0 Å². The van der Waals surface area contributed by atoms with Gasteiger partial charge in [-0.3, -0.25) is 0 Å². The SMILES string of the molecule is c1ccc(-c2cc(-c3ccccc3)cc(N3c4cc5cc6c7ccccc7c7ccccc7c6cc5cc4B4c5c3cc3c(oc6ccccc63)c5-c3cc5ccccc5c5c6c7ccccc7ccc6n4c35)c2)cc1. The van der Waals surface area contributed by atoms with Gasteiger partial charge in [0.2, 0.25) is 0 Å². The van der Waals surface area contributed by atoms with Crippen molar-refractivity contribution in [2.24, 2.45) is 0 Å². The zero-order chi connectivity index (χ0) is 49.3.